The van der Waals surface area contributed by atoms with Crippen molar-refractivity contribution >= 4 is 75.9 Å². The number of ether oxygens (including phenoxy) is 1. The molecule has 1 unspecified atom stereocenters. The van der Waals surface area contributed by atoms with Crippen molar-refractivity contribution in [1.82, 2.24) is 4.90 Å². The van der Waals surface area contributed by atoms with Crippen molar-refractivity contribution in [3.05, 3.63) is 70.8 Å². The van der Waals surface area contributed by atoms with Crippen molar-refractivity contribution < 1.29 is 23.3 Å². The standard InChI is InChI=1S/C19H16I2NO5PS/c1-26-19(25)16(13-8-6-12(7-9-13)11-27-29-28(20)21)10-22-17(23)14-4-2-3-5-15(14)18(22)24/h2-9,16H,10-11H2,1H3. The number of benzene rings is 2. The van der Waals surface area contributed by atoms with Crippen LogP contribution in [0.4, 0.5) is 0 Å². The summed E-state index contributed by atoms with van der Waals surface area (Å²) in [5.74, 6) is -2.05. The molecule has 10 heteroatoms. The Morgan fingerprint density at radius 1 is 1.07 bits per heavy atom. The average molecular weight is 655 g/mol. The number of carbonyl (C=O) groups is 3. The van der Waals surface area contributed by atoms with Crippen LogP contribution in [-0.4, -0.2) is 36.3 Å². The van der Waals surface area contributed by atoms with Gasteiger partial charge in [-0.2, -0.15) is 0 Å². The van der Waals surface area contributed by atoms with Crippen LogP contribution in [0.25, 0.3) is 0 Å². The van der Waals surface area contributed by atoms with E-state index in [2.05, 4.69) is 44.1 Å². The van der Waals surface area contributed by atoms with Gasteiger partial charge in [0.05, 0.1) is 30.8 Å². The Labute approximate surface area is 199 Å². The second kappa shape index (κ2) is 10.5. The van der Waals surface area contributed by atoms with Crippen molar-refractivity contribution in [2.75, 3.05) is 13.7 Å². The highest BCUT2D eigenvalue weighted by molar-refractivity contribution is 14.3. The first-order chi connectivity index (χ1) is 13.9. The maximum absolute atomic E-state index is 12.6. The monoisotopic (exact) mass is 655 g/mol. The molecule has 0 radical (unpaired) electrons. The Morgan fingerprint density at radius 2 is 1.66 bits per heavy atom. The predicted octanol–water partition coefficient (Wildman–Crippen LogP) is 5.50. The molecular formula is C19H16I2NO5PS. The molecule has 1 aliphatic rings. The van der Waals surface area contributed by atoms with E-state index in [0.717, 1.165) is 10.5 Å². The maximum atomic E-state index is 12.6. The first kappa shape index (κ1) is 22.9. The third-order valence-electron chi connectivity index (χ3n) is 4.45. The van der Waals surface area contributed by atoms with Gasteiger partial charge in [-0.05, 0) is 67.3 Å². The second-order valence-electron chi connectivity index (χ2n) is 6.12. The first-order valence-corrected chi connectivity index (χ1v) is 16.7. The number of hydrogen-bond acceptors (Lipinski definition) is 6. The molecule has 1 aliphatic heterocycles. The molecule has 6 nitrogen and oxygen atoms in total. The number of nitrogens with zero attached hydrogens (tertiary/aromatic N) is 1. The fraction of sp³-hybridized carbons (Fsp3) is 0.211. The van der Waals surface area contributed by atoms with Crippen LogP contribution >= 0.6 is 58.2 Å². The van der Waals surface area contributed by atoms with Crippen LogP contribution in [0, 0.1) is 0 Å². The van der Waals surface area contributed by atoms with Gasteiger partial charge in [-0.25, -0.2) is 0 Å². The van der Waals surface area contributed by atoms with Gasteiger partial charge >= 0.3 is 5.97 Å². The van der Waals surface area contributed by atoms with E-state index in [9.17, 15) is 14.4 Å². The third-order valence-corrected chi connectivity index (χ3v) is 8.33. The highest BCUT2D eigenvalue weighted by atomic mass is 127. The van der Waals surface area contributed by atoms with E-state index in [-0.39, 0.29) is 8.95 Å². The zero-order valence-corrected chi connectivity index (χ0v) is 21.2. The van der Waals surface area contributed by atoms with E-state index in [1.807, 2.05) is 12.1 Å². The Balaban J connectivity index is 1.77. The minimum atomic E-state index is -0.761. The molecule has 2 aromatic rings. The fourth-order valence-corrected chi connectivity index (χ4v) is 5.74. The summed E-state index contributed by atoms with van der Waals surface area (Å²) >= 11 is 6.07. The molecule has 1 atom stereocenters. The van der Waals surface area contributed by atoms with Crippen molar-refractivity contribution in [3.63, 3.8) is 0 Å². The number of methoxy groups -OCH3 is 1. The molecule has 29 heavy (non-hydrogen) atoms. The summed E-state index contributed by atoms with van der Waals surface area (Å²) in [7, 11) is 1.30. The lowest BCUT2D eigenvalue weighted by Crippen LogP contribution is -2.36. The number of hydrogen-bond donors (Lipinski definition) is 0. The van der Waals surface area contributed by atoms with Gasteiger partial charge in [-0.1, -0.05) is 36.4 Å². The van der Waals surface area contributed by atoms with Crippen molar-refractivity contribution in [1.29, 1.82) is 0 Å². The van der Waals surface area contributed by atoms with Gasteiger partial charge < -0.3 is 8.92 Å². The van der Waals surface area contributed by atoms with Crippen molar-refractivity contribution in [3.8, 4) is 0 Å². The third kappa shape index (κ3) is 5.49. The lowest BCUT2D eigenvalue weighted by atomic mass is 9.97. The second-order valence-corrected chi connectivity index (χ2v) is 23.7. The van der Waals surface area contributed by atoms with E-state index >= 15 is 0 Å². The van der Waals surface area contributed by atoms with Gasteiger partial charge in [-0.15, -0.1) is 0 Å². The number of amides is 2. The van der Waals surface area contributed by atoms with Gasteiger partial charge in [0, 0.05) is 18.2 Å². The summed E-state index contributed by atoms with van der Waals surface area (Å²) in [5, 5.41) is 0. The molecular weight excluding hydrogens is 639 g/mol. The van der Waals surface area contributed by atoms with Crippen LogP contribution < -0.4 is 0 Å². The molecule has 0 fully saturated rings. The number of esters is 1. The topological polar surface area (TPSA) is 72.9 Å². The zero-order valence-electron chi connectivity index (χ0n) is 15.2. The molecule has 1 heterocycles. The van der Waals surface area contributed by atoms with Gasteiger partial charge in [-0.3, -0.25) is 19.3 Å². The highest BCUT2D eigenvalue weighted by Crippen LogP contribution is 2.65. The Hall–Kier alpha value is -0.750. The largest absolute Gasteiger partial charge is 0.468 e. The molecule has 3 rings (SSSR count). The summed E-state index contributed by atoms with van der Waals surface area (Å²) in [6, 6.07) is 14.0. The zero-order chi connectivity index (χ0) is 21.0. The van der Waals surface area contributed by atoms with E-state index in [0.29, 0.717) is 23.3 Å². The average Bonchev–Trinajstić information content (AvgIpc) is 2.96. The Bertz CT molecular complexity index is 890. The van der Waals surface area contributed by atoms with Gasteiger partial charge in [0.15, 0.2) is 0 Å². The van der Waals surface area contributed by atoms with Crippen LogP contribution in [-0.2, 0) is 20.3 Å². The Kier molecular flexibility index (Phi) is 8.32. The molecule has 2 amide bonds. The number of rotatable bonds is 8. The number of imide groups is 1. The van der Waals surface area contributed by atoms with Gasteiger partial charge in [0.2, 0.25) is 0 Å². The minimum absolute atomic E-state index is 0.0708. The predicted molar refractivity (Wildman–Crippen MR) is 130 cm³/mol. The summed E-state index contributed by atoms with van der Waals surface area (Å²) in [6.07, 6.45) is 0. The van der Waals surface area contributed by atoms with Crippen molar-refractivity contribution in [2.24, 2.45) is 0 Å². The number of carbonyl (C=O) groups excluding carboxylic acids is 3. The van der Waals surface area contributed by atoms with Gasteiger partial charge in [0.25, 0.3) is 11.8 Å². The molecule has 2 aromatic carbocycles. The molecule has 0 aromatic heterocycles. The van der Waals surface area contributed by atoms with E-state index in [1.165, 1.54) is 18.8 Å². The van der Waals surface area contributed by atoms with E-state index in [1.54, 1.807) is 36.4 Å². The maximum Gasteiger partial charge on any atom is 0.314 e. The molecule has 0 saturated heterocycles. The molecule has 152 valence electrons. The summed E-state index contributed by atoms with van der Waals surface area (Å²) < 4.78 is 10.2. The number of halogens is 2. The van der Waals surface area contributed by atoms with Crippen LogP contribution in [0.2, 0.25) is 0 Å². The normalized spacial score (nSPS) is 14.3. The van der Waals surface area contributed by atoms with Gasteiger partial charge in [0.1, 0.15) is 2.41 Å². The summed E-state index contributed by atoms with van der Waals surface area (Å²) in [4.78, 5) is 38.8. The lowest BCUT2D eigenvalue weighted by molar-refractivity contribution is -0.142. The fourth-order valence-electron chi connectivity index (χ4n) is 3.03. The first-order valence-electron chi connectivity index (χ1n) is 8.45. The van der Waals surface area contributed by atoms with E-state index in [4.69, 9.17) is 8.92 Å². The smallest absolute Gasteiger partial charge is 0.314 e. The minimum Gasteiger partial charge on any atom is -0.468 e. The molecule has 0 saturated carbocycles. The molecule has 0 bridgehead atoms. The van der Waals surface area contributed by atoms with Crippen LogP contribution in [0.1, 0.15) is 37.8 Å². The van der Waals surface area contributed by atoms with E-state index < -0.39 is 23.7 Å². The van der Waals surface area contributed by atoms with Crippen LogP contribution in [0.3, 0.4) is 0 Å². The SMILES string of the molecule is COC(=O)C(CN1C(=O)c2ccccc2C1=O)c1ccc(COSP(I)I)cc1. The van der Waals surface area contributed by atoms with Crippen molar-refractivity contribution in [2.45, 2.75) is 12.5 Å². The molecule has 0 aliphatic carbocycles. The van der Waals surface area contributed by atoms with Crippen LogP contribution in [0.15, 0.2) is 48.5 Å². The Morgan fingerprint density at radius 3 is 2.17 bits per heavy atom. The summed E-state index contributed by atoms with van der Waals surface area (Å²) in [5.41, 5.74) is 2.36. The quantitative estimate of drug-likeness (QED) is 0.123. The lowest BCUT2D eigenvalue weighted by Gasteiger charge is -2.21. The molecule has 0 N–H and O–H groups in total. The van der Waals surface area contributed by atoms with Crippen LogP contribution in [0.5, 0.6) is 0 Å². The molecule has 0 spiro atoms. The summed E-state index contributed by atoms with van der Waals surface area (Å²) in [6.45, 7) is 0.385. The number of fused-ring (bicyclic) bond motifs is 1. The highest BCUT2D eigenvalue weighted by Gasteiger charge is 2.38.